The third-order valence-corrected chi connectivity index (χ3v) is 4.77. The molecule has 0 fully saturated rings. The van der Waals surface area contributed by atoms with Crippen molar-refractivity contribution in [3.63, 3.8) is 0 Å². The van der Waals surface area contributed by atoms with Gasteiger partial charge in [-0.15, -0.1) is 0 Å². The first-order valence-corrected chi connectivity index (χ1v) is 9.59. The summed E-state index contributed by atoms with van der Waals surface area (Å²) in [6, 6.07) is 13.1. The van der Waals surface area contributed by atoms with Crippen LogP contribution in [0.4, 0.5) is 5.69 Å². The average molecular weight is 386 g/mol. The van der Waals surface area contributed by atoms with E-state index in [4.69, 9.17) is 15.3 Å². The third kappa shape index (κ3) is 4.72. The van der Waals surface area contributed by atoms with Crippen LogP contribution in [0.1, 0.15) is 16.1 Å². The number of primary sulfonamides is 1. The van der Waals surface area contributed by atoms with Crippen molar-refractivity contribution in [1.29, 1.82) is 0 Å². The molecule has 0 saturated carbocycles. The van der Waals surface area contributed by atoms with Gasteiger partial charge in [0.05, 0.1) is 4.90 Å². The molecule has 0 atom stereocenters. The summed E-state index contributed by atoms with van der Waals surface area (Å²) >= 11 is 0. The monoisotopic (exact) mass is 386 g/mol. The summed E-state index contributed by atoms with van der Waals surface area (Å²) in [7, 11) is -3.71. The van der Waals surface area contributed by atoms with Crippen LogP contribution in [0.5, 0.6) is 0 Å². The molecule has 9 heteroatoms. The van der Waals surface area contributed by atoms with Crippen molar-refractivity contribution >= 4 is 21.6 Å². The zero-order valence-electron chi connectivity index (χ0n) is 14.3. The molecule has 1 aromatic heterocycles. The Morgan fingerprint density at radius 3 is 2.37 bits per heavy atom. The Morgan fingerprint density at radius 1 is 1.07 bits per heavy atom. The van der Waals surface area contributed by atoms with E-state index in [2.05, 4.69) is 10.3 Å². The fourth-order valence-electron chi connectivity index (χ4n) is 2.39. The number of anilines is 1. The minimum Gasteiger partial charge on any atom is -0.444 e. The first-order valence-electron chi connectivity index (χ1n) is 8.04. The topological polar surface area (TPSA) is 141 Å². The molecule has 0 bridgehead atoms. The van der Waals surface area contributed by atoms with Gasteiger partial charge in [0.2, 0.25) is 15.9 Å². The predicted molar refractivity (Wildman–Crippen MR) is 100 cm³/mol. The Kier molecular flexibility index (Phi) is 5.24. The van der Waals surface area contributed by atoms with E-state index in [1.807, 2.05) is 0 Å². The van der Waals surface area contributed by atoms with Crippen LogP contribution in [0.3, 0.4) is 0 Å². The van der Waals surface area contributed by atoms with Gasteiger partial charge in [-0.1, -0.05) is 12.1 Å². The number of carbonyl (C=O) groups is 1. The van der Waals surface area contributed by atoms with Gasteiger partial charge >= 0.3 is 0 Å². The summed E-state index contributed by atoms with van der Waals surface area (Å²) in [5.74, 6) is -0.0275. The van der Waals surface area contributed by atoms with E-state index in [1.54, 1.807) is 36.4 Å². The lowest BCUT2D eigenvalue weighted by atomic mass is 10.1. The first kappa shape index (κ1) is 18.6. The molecule has 0 aliphatic rings. The summed E-state index contributed by atoms with van der Waals surface area (Å²) in [6.07, 6.45) is 1.82. The number of hydrogen-bond acceptors (Lipinski definition) is 6. The number of carbonyl (C=O) groups excluding carboxylic acids is 1. The summed E-state index contributed by atoms with van der Waals surface area (Å²) in [5.41, 5.74) is 8.02. The number of sulfonamides is 1. The highest BCUT2D eigenvalue weighted by Gasteiger charge is 2.13. The highest BCUT2D eigenvalue weighted by Crippen LogP contribution is 2.19. The Morgan fingerprint density at radius 2 is 1.74 bits per heavy atom. The van der Waals surface area contributed by atoms with Crippen molar-refractivity contribution in [2.24, 2.45) is 5.14 Å². The maximum absolute atomic E-state index is 12.2. The van der Waals surface area contributed by atoms with E-state index in [0.717, 1.165) is 11.1 Å². The van der Waals surface area contributed by atoms with Gasteiger partial charge in [-0.3, -0.25) is 4.79 Å². The molecule has 27 heavy (non-hydrogen) atoms. The molecule has 0 aliphatic carbocycles. The number of oxazole rings is 1. The zero-order chi connectivity index (χ0) is 19.4. The van der Waals surface area contributed by atoms with Gasteiger partial charge in [0.15, 0.2) is 5.69 Å². The molecule has 0 radical (unpaired) electrons. The van der Waals surface area contributed by atoms with E-state index in [0.29, 0.717) is 24.5 Å². The van der Waals surface area contributed by atoms with E-state index in [-0.39, 0.29) is 16.5 Å². The van der Waals surface area contributed by atoms with Crippen molar-refractivity contribution in [3.8, 4) is 11.5 Å². The van der Waals surface area contributed by atoms with Gasteiger partial charge < -0.3 is 15.5 Å². The van der Waals surface area contributed by atoms with Gasteiger partial charge in [0, 0.05) is 17.8 Å². The predicted octanol–water partition coefficient (Wildman–Crippen LogP) is 1.54. The van der Waals surface area contributed by atoms with Gasteiger partial charge in [-0.2, -0.15) is 0 Å². The Bertz CT molecular complexity index is 1040. The van der Waals surface area contributed by atoms with Crippen LogP contribution in [0.2, 0.25) is 0 Å². The molecular weight excluding hydrogens is 368 g/mol. The van der Waals surface area contributed by atoms with Crippen LogP contribution in [-0.2, 0) is 16.4 Å². The quantitative estimate of drug-likeness (QED) is 0.549. The van der Waals surface area contributed by atoms with Gasteiger partial charge in [-0.25, -0.2) is 18.5 Å². The van der Waals surface area contributed by atoms with Crippen molar-refractivity contribution < 1.29 is 17.6 Å². The molecule has 3 aromatic rings. The maximum atomic E-state index is 12.2. The van der Waals surface area contributed by atoms with Gasteiger partial charge in [0.25, 0.3) is 5.91 Å². The second-order valence-electron chi connectivity index (χ2n) is 5.85. The summed E-state index contributed by atoms with van der Waals surface area (Å²) in [5, 5.41) is 7.80. The second kappa shape index (κ2) is 7.60. The van der Waals surface area contributed by atoms with Crippen LogP contribution in [0, 0.1) is 0 Å². The molecular formula is C18H18N4O4S. The molecule has 8 nitrogen and oxygen atoms in total. The van der Waals surface area contributed by atoms with Crippen molar-refractivity contribution in [2.75, 3.05) is 12.3 Å². The molecule has 0 unspecified atom stereocenters. The maximum Gasteiger partial charge on any atom is 0.273 e. The lowest BCUT2D eigenvalue weighted by molar-refractivity contribution is 0.0949. The highest BCUT2D eigenvalue weighted by atomic mass is 32.2. The number of amides is 1. The van der Waals surface area contributed by atoms with Crippen molar-refractivity contribution in [3.05, 3.63) is 66.1 Å². The van der Waals surface area contributed by atoms with Crippen molar-refractivity contribution in [1.82, 2.24) is 10.3 Å². The minimum atomic E-state index is -3.71. The third-order valence-electron chi connectivity index (χ3n) is 3.85. The van der Waals surface area contributed by atoms with E-state index in [1.165, 1.54) is 18.4 Å². The molecule has 0 spiro atoms. The fraction of sp³-hybridized carbons (Fsp3) is 0.111. The second-order valence-corrected chi connectivity index (χ2v) is 7.42. The molecule has 2 aromatic carbocycles. The largest absolute Gasteiger partial charge is 0.444 e. The van der Waals surface area contributed by atoms with Crippen LogP contribution < -0.4 is 16.2 Å². The number of nitrogen functional groups attached to an aromatic ring is 1. The molecule has 3 rings (SSSR count). The molecule has 0 aliphatic heterocycles. The lowest BCUT2D eigenvalue weighted by Gasteiger charge is -2.04. The molecule has 140 valence electrons. The number of rotatable bonds is 6. The van der Waals surface area contributed by atoms with Gasteiger partial charge in [-0.05, 0) is 48.4 Å². The molecule has 1 heterocycles. The summed E-state index contributed by atoms with van der Waals surface area (Å²) < 4.78 is 27.8. The molecule has 0 saturated heterocycles. The van der Waals surface area contributed by atoms with Crippen LogP contribution in [0.25, 0.3) is 11.5 Å². The fourth-order valence-corrected chi connectivity index (χ4v) is 2.91. The van der Waals surface area contributed by atoms with Crippen molar-refractivity contribution in [2.45, 2.75) is 11.3 Å². The number of hydrogen-bond donors (Lipinski definition) is 3. The smallest absolute Gasteiger partial charge is 0.273 e. The van der Waals surface area contributed by atoms with Crippen LogP contribution in [0.15, 0.2) is 64.1 Å². The highest BCUT2D eigenvalue weighted by molar-refractivity contribution is 7.89. The summed E-state index contributed by atoms with van der Waals surface area (Å²) in [6.45, 7) is 0.359. The number of nitrogens with one attached hydrogen (secondary N) is 1. The first-order chi connectivity index (χ1) is 12.8. The Hall–Kier alpha value is -3.17. The lowest BCUT2D eigenvalue weighted by Crippen LogP contribution is -2.26. The van der Waals surface area contributed by atoms with Crippen LogP contribution >= 0.6 is 0 Å². The van der Waals surface area contributed by atoms with Crippen LogP contribution in [-0.4, -0.2) is 25.9 Å². The summed E-state index contributed by atoms with van der Waals surface area (Å²) in [4.78, 5) is 16.4. The average Bonchev–Trinajstić information content (AvgIpc) is 3.12. The molecule has 5 N–H and O–H groups in total. The Labute approximate surface area is 156 Å². The number of nitrogens with zero attached hydrogens (tertiary/aromatic N) is 1. The molecule has 1 amide bonds. The number of benzene rings is 2. The van der Waals surface area contributed by atoms with Gasteiger partial charge in [0.1, 0.15) is 6.26 Å². The minimum absolute atomic E-state index is 0.0491. The Balaban J connectivity index is 1.56. The van der Waals surface area contributed by atoms with E-state index < -0.39 is 10.0 Å². The number of nitrogens with two attached hydrogens (primary N) is 2. The SMILES string of the molecule is Nc1ccc(-c2nc(C(=O)NCCc3ccc(S(N)(=O)=O)cc3)co2)cc1. The number of aromatic nitrogens is 1. The van der Waals surface area contributed by atoms with E-state index >= 15 is 0 Å². The normalized spacial score (nSPS) is 11.3. The van der Waals surface area contributed by atoms with E-state index in [9.17, 15) is 13.2 Å². The standard InChI is InChI=1S/C18H18N4O4S/c19-14-5-3-13(4-6-14)18-22-16(11-26-18)17(23)21-10-9-12-1-7-15(8-2-12)27(20,24)25/h1-8,11H,9-10,19H2,(H,21,23)(H2,20,24,25). The zero-order valence-corrected chi connectivity index (χ0v) is 15.1.